The van der Waals surface area contributed by atoms with Crippen molar-refractivity contribution in [1.29, 1.82) is 0 Å². The van der Waals surface area contributed by atoms with E-state index in [1.807, 2.05) is 0 Å². The third kappa shape index (κ3) is 5.53. The summed E-state index contributed by atoms with van der Waals surface area (Å²) in [6.45, 7) is 7.21. The van der Waals surface area contributed by atoms with Crippen LogP contribution >= 0.6 is 11.8 Å². The molecule has 132 valence electrons. The largest absolute Gasteiger partial charge is 0.389 e. The fraction of sp³-hybridized carbons (Fsp3) is 0.556. The van der Waals surface area contributed by atoms with Crippen molar-refractivity contribution in [2.45, 2.75) is 32.6 Å². The fourth-order valence-electron chi connectivity index (χ4n) is 3.00. The van der Waals surface area contributed by atoms with Gasteiger partial charge in [-0.25, -0.2) is 0 Å². The molecule has 1 atom stereocenters. The van der Waals surface area contributed by atoms with Crippen LogP contribution < -0.4 is 0 Å². The Kier molecular flexibility index (Phi) is 6.69. The summed E-state index contributed by atoms with van der Waals surface area (Å²) in [5.41, 5.74) is 3.69. The molecule has 1 unspecified atom stereocenters. The molecule has 0 aromatic heterocycles. The lowest BCUT2D eigenvalue weighted by Gasteiger charge is -2.21. The van der Waals surface area contributed by atoms with Gasteiger partial charge in [-0.05, 0) is 19.4 Å². The second-order valence-corrected chi connectivity index (χ2v) is 7.43. The number of β-amino-alcohol motifs (C(OH)–C–C–N with tert-alkyl or cyclic N) is 1. The summed E-state index contributed by atoms with van der Waals surface area (Å²) in [5, 5.41) is 10.00. The van der Waals surface area contributed by atoms with E-state index in [4.69, 9.17) is 0 Å². The Labute approximate surface area is 148 Å². The van der Waals surface area contributed by atoms with E-state index in [1.54, 1.807) is 21.6 Å². The lowest BCUT2D eigenvalue weighted by atomic mass is 10.1. The van der Waals surface area contributed by atoms with E-state index in [1.165, 1.54) is 23.6 Å². The minimum atomic E-state index is -0.676. The number of thioether (sulfide) groups is 1. The summed E-state index contributed by atoms with van der Waals surface area (Å²) in [6.07, 6.45) is -0.676. The number of hydrogen-bond donors (Lipinski definition) is 1. The summed E-state index contributed by atoms with van der Waals surface area (Å²) < 4.78 is 0. The highest BCUT2D eigenvalue weighted by atomic mass is 32.2. The molecule has 5 nitrogen and oxygen atoms in total. The molecule has 1 aromatic rings. The highest BCUT2D eigenvalue weighted by Gasteiger charge is 2.25. The molecule has 1 aromatic carbocycles. The van der Waals surface area contributed by atoms with Gasteiger partial charge in [0.05, 0.1) is 11.9 Å². The van der Waals surface area contributed by atoms with E-state index >= 15 is 0 Å². The second-order valence-electron chi connectivity index (χ2n) is 6.45. The van der Waals surface area contributed by atoms with E-state index in [-0.39, 0.29) is 11.8 Å². The molecule has 0 aliphatic carbocycles. The molecule has 0 bridgehead atoms. The third-order valence-corrected chi connectivity index (χ3v) is 5.06. The SMILES string of the molecule is CC(=O)N1CCN(C(=O)CSCc2cc(C)cc(C)c2)CC(O)C1. The van der Waals surface area contributed by atoms with Gasteiger partial charge in [0, 0.05) is 38.9 Å². The van der Waals surface area contributed by atoms with Crippen molar-refractivity contribution in [2.24, 2.45) is 0 Å². The number of hydrogen-bond acceptors (Lipinski definition) is 4. The molecule has 1 heterocycles. The van der Waals surface area contributed by atoms with Crippen molar-refractivity contribution in [3.63, 3.8) is 0 Å². The predicted molar refractivity (Wildman–Crippen MR) is 96.9 cm³/mol. The van der Waals surface area contributed by atoms with Gasteiger partial charge >= 0.3 is 0 Å². The monoisotopic (exact) mass is 350 g/mol. The number of carbonyl (C=O) groups is 2. The minimum Gasteiger partial charge on any atom is -0.389 e. The Morgan fingerprint density at radius 1 is 1.12 bits per heavy atom. The van der Waals surface area contributed by atoms with Crippen molar-refractivity contribution < 1.29 is 14.7 Å². The quantitative estimate of drug-likeness (QED) is 0.896. The Hall–Kier alpha value is -1.53. The van der Waals surface area contributed by atoms with Crippen LogP contribution in [-0.4, -0.2) is 64.8 Å². The highest BCUT2D eigenvalue weighted by molar-refractivity contribution is 7.99. The Morgan fingerprint density at radius 3 is 2.33 bits per heavy atom. The first kappa shape index (κ1) is 18.8. The number of aliphatic hydroxyl groups is 1. The Morgan fingerprint density at radius 2 is 1.71 bits per heavy atom. The van der Waals surface area contributed by atoms with E-state index < -0.39 is 6.10 Å². The van der Waals surface area contributed by atoms with Gasteiger partial charge in [-0.1, -0.05) is 29.3 Å². The molecule has 24 heavy (non-hydrogen) atoms. The lowest BCUT2D eigenvalue weighted by molar-refractivity contribution is -0.130. The van der Waals surface area contributed by atoms with Gasteiger partial charge in [0.25, 0.3) is 0 Å². The maximum absolute atomic E-state index is 12.4. The van der Waals surface area contributed by atoms with Crippen LogP contribution in [0.25, 0.3) is 0 Å². The van der Waals surface area contributed by atoms with Crippen molar-refractivity contribution >= 4 is 23.6 Å². The molecule has 6 heteroatoms. The number of rotatable bonds is 4. The number of benzene rings is 1. The first-order valence-corrected chi connectivity index (χ1v) is 9.37. The molecular weight excluding hydrogens is 324 g/mol. The summed E-state index contributed by atoms with van der Waals surface area (Å²) in [4.78, 5) is 27.1. The van der Waals surface area contributed by atoms with Crippen molar-refractivity contribution in [1.82, 2.24) is 9.80 Å². The summed E-state index contributed by atoms with van der Waals surface area (Å²) in [5.74, 6) is 1.14. The van der Waals surface area contributed by atoms with Gasteiger partial charge in [0.15, 0.2) is 0 Å². The van der Waals surface area contributed by atoms with Crippen LogP contribution in [0.3, 0.4) is 0 Å². The van der Waals surface area contributed by atoms with Crippen molar-refractivity contribution in [3.05, 3.63) is 34.9 Å². The van der Waals surface area contributed by atoms with Gasteiger partial charge in [-0.3, -0.25) is 9.59 Å². The van der Waals surface area contributed by atoms with Crippen LogP contribution in [0, 0.1) is 13.8 Å². The van der Waals surface area contributed by atoms with Gasteiger partial charge in [-0.15, -0.1) is 11.8 Å². The molecule has 0 spiro atoms. The molecule has 2 rings (SSSR count). The molecule has 0 radical (unpaired) electrons. The minimum absolute atomic E-state index is 0.0221. The van der Waals surface area contributed by atoms with E-state index in [2.05, 4.69) is 32.0 Å². The molecule has 1 N–H and O–H groups in total. The van der Waals surface area contributed by atoms with E-state index in [0.29, 0.717) is 31.9 Å². The number of nitrogens with zero attached hydrogens (tertiary/aromatic N) is 2. The zero-order chi connectivity index (χ0) is 17.7. The molecule has 1 fully saturated rings. The Bertz CT molecular complexity index is 586. The van der Waals surface area contributed by atoms with Crippen LogP contribution in [0.2, 0.25) is 0 Å². The van der Waals surface area contributed by atoms with Crippen molar-refractivity contribution in [3.8, 4) is 0 Å². The number of aliphatic hydroxyl groups excluding tert-OH is 1. The van der Waals surface area contributed by atoms with Gasteiger partial charge in [0.1, 0.15) is 0 Å². The fourth-order valence-corrected chi connectivity index (χ4v) is 3.86. The normalized spacial score (nSPS) is 18.4. The number of amides is 2. The van der Waals surface area contributed by atoms with Crippen LogP contribution in [0.4, 0.5) is 0 Å². The first-order valence-electron chi connectivity index (χ1n) is 8.21. The zero-order valence-corrected chi connectivity index (χ0v) is 15.4. The molecular formula is C18H26N2O3S. The predicted octanol–water partition coefficient (Wildman–Crippen LogP) is 1.59. The summed E-state index contributed by atoms with van der Waals surface area (Å²) in [6, 6.07) is 6.43. The number of aryl methyl sites for hydroxylation is 2. The van der Waals surface area contributed by atoms with Crippen LogP contribution in [0.1, 0.15) is 23.6 Å². The smallest absolute Gasteiger partial charge is 0.232 e. The highest BCUT2D eigenvalue weighted by Crippen LogP contribution is 2.17. The average molecular weight is 350 g/mol. The second kappa shape index (κ2) is 8.53. The van der Waals surface area contributed by atoms with Crippen LogP contribution in [0.15, 0.2) is 18.2 Å². The maximum atomic E-state index is 12.4. The third-order valence-electron chi connectivity index (χ3n) is 4.08. The molecule has 0 saturated carbocycles. The molecule has 1 aliphatic rings. The summed E-state index contributed by atoms with van der Waals surface area (Å²) in [7, 11) is 0. The lowest BCUT2D eigenvalue weighted by Crippen LogP contribution is -2.38. The van der Waals surface area contributed by atoms with Crippen molar-refractivity contribution in [2.75, 3.05) is 31.9 Å². The summed E-state index contributed by atoms with van der Waals surface area (Å²) >= 11 is 1.59. The molecule has 1 aliphatic heterocycles. The average Bonchev–Trinajstić information content (AvgIpc) is 2.68. The topological polar surface area (TPSA) is 60.9 Å². The standard InChI is InChI=1S/C18H26N2O3S/c1-13-6-14(2)8-16(7-13)11-24-12-18(23)20-5-4-19(15(3)21)9-17(22)10-20/h6-8,17,22H,4-5,9-12H2,1-3H3. The zero-order valence-electron chi connectivity index (χ0n) is 14.6. The number of carbonyl (C=O) groups excluding carboxylic acids is 2. The van der Waals surface area contributed by atoms with E-state index in [0.717, 1.165) is 5.75 Å². The van der Waals surface area contributed by atoms with E-state index in [9.17, 15) is 14.7 Å². The van der Waals surface area contributed by atoms with Crippen LogP contribution in [0.5, 0.6) is 0 Å². The van der Waals surface area contributed by atoms with Crippen LogP contribution in [-0.2, 0) is 15.3 Å². The molecule has 2 amide bonds. The molecule has 1 saturated heterocycles. The van der Waals surface area contributed by atoms with Gasteiger partial charge < -0.3 is 14.9 Å². The Balaban J connectivity index is 1.84. The maximum Gasteiger partial charge on any atom is 0.232 e. The van der Waals surface area contributed by atoms with Gasteiger partial charge in [0.2, 0.25) is 11.8 Å². The van der Waals surface area contributed by atoms with Gasteiger partial charge in [-0.2, -0.15) is 0 Å². The first-order chi connectivity index (χ1) is 11.3.